The summed E-state index contributed by atoms with van der Waals surface area (Å²) in [6.07, 6.45) is 0. The molecule has 0 bridgehead atoms. The highest BCUT2D eigenvalue weighted by Crippen LogP contribution is 2.33. The lowest BCUT2D eigenvalue weighted by molar-refractivity contribution is 0.0929. The van der Waals surface area contributed by atoms with Crippen LogP contribution in [0.2, 0.25) is 5.02 Å². The Labute approximate surface area is 174 Å². The van der Waals surface area contributed by atoms with Gasteiger partial charge in [-0.25, -0.2) is 4.68 Å². The second-order valence-corrected chi connectivity index (χ2v) is 6.55. The highest BCUT2D eigenvalue weighted by Gasteiger charge is 2.19. The SMILES string of the molecule is COCCNC(=O)c1cc(-c2ccc(OC)cc2OC)nn1-c1ccc(Cl)cc1. The Morgan fingerprint density at radius 2 is 1.83 bits per heavy atom. The Balaban J connectivity index is 2.07. The summed E-state index contributed by atoms with van der Waals surface area (Å²) >= 11 is 6.00. The molecule has 152 valence electrons. The van der Waals surface area contributed by atoms with Crippen LogP contribution in [0.5, 0.6) is 11.5 Å². The van der Waals surface area contributed by atoms with Crippen LogP contribution in [0.15, 0.2) is 48.5 Å². The fourth-order valence-corrected chi connectivity index (χ4v) is 2.95. The van der Waals surface area contributed by atoms with Crippen LogP contribution in [0.3, 0.4) is 0 Å². The average Bonchev–Trinajstić information content (AvgIpc) is 3.19. The third-order valence-corrected chi connectivity index (χ3v) is 4.54. The van der Waals surface area contributed by atoms with E-state index in [0.29, 0.717) is 46.7 Å². The number of methoxy groups -OCH3 is 3. The van der Waals surface area contributed by atoms with E-state index in [1.807, 2.05) is 12.1 Å². The van der Waals surface area contributed by atoms with Gasteiger partial charge in [0.05, 0.1) is 32.2 Å². The molecule has 0 aliphatic rings. The molecule has 1 N–H and O–H groups in total. The van der Waals surface area contributed by atoms with Crippen LogP contribution < -0.4 is 14.8 Å². The van der Waals surface area contributed by atoms with Gasteiger partial charge in [-0.1, -0.05) is 11.6 Å². The van der Waals surface area contributed by atoms with Gasteiger partial charge in [0.1, 0.15) is 17.2 Å². The van der Waals surface area contributed by atoms with E-state index in [1.165, 1.54) is 0 Å². The standard InChI is InChI=1S/C21H22ClN3O4/c1-27-11-10-23-21(26)19-13-18(17-9-8-16(28-2)12-20(17)29-3)24-25(19)15-6-4-14(22)5-7-15/h4-9,12-13H,10-11H2,1-3H3,(H,23,26). The summed E-state index contributed by atoms with van der Waals surface area (Å²) in [5, 5.41) is 8.09. The zero-order valence-electron chi connectivity index (χ0n) is 16.4. The topological polar surface area (TPSA) is 74.6 Å². The minimum Gasteiger partial charge on any atom is -0.497 e. The molecule has 0 atom stereocenters. The van der Waals surface area contributed by atoms with Gasteiger partial charge in [-0.2, -0.15) is 5.10 Å². The van der Waals surface area contributed by atoms with Crippen molar-refractivity contribution in [3.8, 4) is 28.4 Å². The molecule has 0 unspecified atom stereocenters. The molecule has 1 amide bonds. The molecule has 2 aromatic carbocycles. The van der Waals surface area contributed by atoms with Crippen molar-refractivity contribution in [1.29, 1.82) is 0 Å². The van der Waals surface area contributed by atoms with Crippen molar-refractivity contribution < 1.29 is 19.0 Å². The number of hydrogen-bond acceptors (Lipinski definition) is 5. The van der Waals surface area contributed by atoms with E-state index in [4.69, 9.17) is 25.8 Å². The van der Waals surface area contributed by atoms with Crippen LogP contribution in [0.1, 0.15) is 10.5 Å². The number of rotatable bonds is 8. The van der Waals surface area contributed by atoms with Crippen LogP contribution in [0, 0.1) is 0 Å². The van der Waals surface area contributed by atoms with Crippen molar-refractivity contribution >= 4 is 17.5 Å². The summed E-state index contributed by atoms with van der Waals surface area (Å²) in [4.78, 5) is 12.8. The van der Waals surface area contributed by atoms with Gasteiger partial charge >= 0.3 is 0 Å². The molecule has 0 aliphatic carbocycles. The molecular formula is C21H22ClN3O4. The lowest BCUT2D eigenvalue weighted by Crippen LogP contribution is -2.28. The second kappa shape index (κ2) is 9.45. The van der Waals surface area contributed by atoms with Gasteiger partial charge in [-0.3, -0.25) is 4.79 Å². The predicted molar refractivity (Wildman–Crippen MR) is 111 cm³/mol. The van der Waals surface area contributed by atoms with Gasteiger partial charge < -0.3 is 19.5 Å². The molecule has 29 heavy (non-hydrogen) atoms. The molecule has 1 aromatic heterocycles. The first-order valence-electron chi connectivity index (χ1n) is 8.93. The highest BCUT2D eigenvalue weighted by molar-refractivity contribution is 6.30. The summed E-state index contributed by atoms with van der Waals surface area (Å²) in [6, 6.07) is 14.3. The minimum atomic E-state index is -0.261. The Hall–Kier alpha value is -3.03. The molecule has 7 nitrogen and oxygen atoms in total. The smallest absolute Gasteiger partial charge is 0.270 e. The van der Waals surface area contributed by atoms with Crippen molar-refractivity contribution in [2.45, 2.75) is 0 Å². The van der Waals surface area contributed by atoms with Crippen molar-refractivity contribution in [2.75, 3.05) is 34.5 Å². The maximum atomic E-state index is 12.8. The van der Waals surface area contributed by atoms with Gasteiger partial charge in [0, 0.05) is 30.3 Å². The Morgan fingerprint density at radius 1 is 1.07 bits per heavy atom. The number of halogens is 1. The highest BCUT2D eigenvalue weighted by atomic mass is 35.5. The third-order valence-electron chi connectivity index (χ3n) is 4.29. The molecule has 0 aliphatic heterocycles. The van der Waals surface area contributed by atoms with E-state index in [1.54, 1.807) is 62.4 Å². The average molecular weight is 416 g/mol. The number of nitrogens with one attached hydrogen (secondary N) is 1. The van der Waals surface area contributed by atoms with Crippen LogP contribution in [-0.2, 0) is 4.74 Å². The molecule has 0 spiro atoms. The third kappa shape index (κ3) is 4.70. The molecule has 1 heterocycles. The first kappa shape index (κ1) is 20.7. The number of aromatic nitrogens is 2. The van der Waals surface area contributed by atoms with E-state index in [2.05, 4.69) is 10.4 Å². The fraction of sp³-hybridized carbons (Fsp3) is 0.238. The summed E-state index contributed by atoms with van der Waals surface area (Å²) < 4.78 is 17.3. The number of nitrogens with zero attached hydrogens (tertiary/aromatic N) is 2. The van der Waals surface area contributed by atoms with Gasteiger partial charge in [0.15, 0.2) is 0 Å². The maximum Gasteiger partial charge on any atom is 0.270 e. The number of hydrogen-bond donors (Lipinski definition) is 1. The fourth-order valence-electron chi connectivity index (χ4n) is 2.82. The molecule has 0 radical (unpaired) electrons. The van der Waals surface area contributed by atoms with E-state index >= 15 is 0 Å². The molecule has 0 saturated carbocycles. The van der Waals surface area contributed by atoms with E-state index in [0.717, 1.165) is 5.56 Å². The van der Waals surface area contributed by atoms with Crippen LogP contribution in [0.4, 0.5) is 0 Å². The van der Waals surface area contributed by atoms with Gasteiger partial charge in [-0.05, 0) is 42.5 Å². The molecular weight excluding hydrogens is 394 g/mol. The maximum absolute atomic E-state index is 12.8. The molecule has 0 fully saturated rings. The largest absolute Gasteiger partial charge is 0.497 e. The quantitative estimate of drug-likeness (QED) is 0.569. The summed E-state index contributed by atoms with van der Waals surface area (Å²) in [6.45, 7) is 0.808. The van der Waals surface area contributed by atoms with Crippen molar-refractivity contribution in [3.63, 3.8) is 0 Å². The Morgan fingerprint density at radius 3 is 2.48 bits per heavy atom. The number of carbonyl (C=O) groups is 1. The van der Waals surface area contributed by atoms with Crippen LogP contribution in [0.25, 0.3) is 16.9 Å². The Kier molecular flexibility index (Phi) is 6.74. The molecule has 3 aromatic rings. The first-order chi connectivity index (χ1) is 14.1. The molecule has 8 heteroatoms. The zero-order chi connectivity index (χ0) is 20.8. The first-order valence-corrected chi connectivity index (χ1v) is 9.30. The molecule has 3 rings (SSSR count). The van der Waals surface area contributed by atoms with Gasteiger partial charge in [0.2, 0.25) is 0 Å². The lowest BCUT2D eigenvalue weighted by Gasteiger charge is -2.09. The van der Waals surface area contributed by atoms with E-state index in [9.17, 15) is 4.79 Å². The molecule has 0 saturated heterocycles. The summed E-state index contributed by atoms with van der Waals surface area (Å²) in [7, 11) is 4.75. The number of carbonyl (C=O) groups excluding carboxylic acids is 1. The van der Waals surface area contributed by atoms with E-state index in [-0.39, 0.29) is 5.91 Å². The van der Waals surface area contributed by atoms with Crippen LogP contribution >= 0.6 is 11.6 Å². The zero-order valence-corrected chi connectivity index (χ0v) is 17.2. The van der Waals surface area contributed by atoms with Crippen molar-refractivity contribution in [2.24, 2.45) is 0 Å². The van der Waals surface area contributed by atoms with Gasteiger partial charge in [0.25, 0.3) is 5.91 Å². The minimum absolute atomic E-state index is 0.261. The van der Waals surface area contributed by atoms with Crippen molar-refractivity contribution in [3.05, 3.63) is 59.2 Å². The Bertz CT molecular complexity index is 986. The van der Waals surface area contributed by atoms with Crippen LogP contribution in [-0.4, -0.2) is 50.2 Å². The van der Waals surface area contributed by atoms with Crippen molar-refractivity contribution in [1.82, 2.24) is 15.1 Å². The number of ether oxygens (including phenoxy) is 3. The summed E-state index contributed by atoms with van der Waals surface area (Å²) in [5.74, 6) is 1.000. The normalized spacial score (nSPS) is 10.6. The number of benzene rings is 2. The summed E-state index contributed by atoms with van der Waals surface area (Å²) in [5.41, 5.74) is 2.43. The monoisotopic (exact) mass is 415 g/mol. The predicted octanol–water partition coefficient (Wildman–Crippen LogP) is 3.59. The van der Waals surface area contributed by atoms with Gasteiger partial charge in [-0.15, -0.1) is 0 Å². The number of amides is 1. The second-order valence-electron chi connectivity index (χ2n) is 6.12. The lowest BCUT2D eigenvalue weighted by atomic mass is 10.1. The van der Waals surface area contributed by atoms with E-state index < -0.39 is 0 Å².